The molecule has 0 aromatic heterocycles. The molecule has 0 bridgehead atoms. The molecule has 1 N–H and O–H groups in total. The van der Waals surface area contributed by atoms with Crippen LogP contribution in [0, 0.1) is 6.92 Å². The van der Waals surface area contributed by atoms with Crippen molar-refractivity contribution in [3.8, 4) is 0 Å². The molecular formula is C23H31N3O3S. The number of nitrogens with zero attached hydrogens (tertiary/aromatic N) is 3. The van der Waals surface area contributed by atoms with Crippen LogP contribution in [0.25, 0.3) is 0 Å². The molecule has 30 heavy (non-hydrogen) atoms. The molecule has 7 heteroatoms. The largest absolute Gasteiger partial charge is 0.387 e. The van der Waals surface area contributed by atoms with E-state index >= 15 is 0 Å². The Morgan fingerprint density at radius 3 is 2.50 bits per heavy atom. The number of benzene rings is 2. The van der Waals surface area contributed by atoms with Crippen LogP contribution in [0.5, 0.6) is 0 Å². The lowest BCUT2D eigenvalue weighted by atomic mass is 10.0. The second-order valence-corrected chi connectivity index (χ2v) is 10.5. The SMILES string of the molecule is Cc1cccc(N2CCN(C[C@H](O)c3ccc4c(c3)C[C@H](C)N4S(C)(=O)=O)CC2)c1. The Labute approximate surface area is 179 Å². The van der Waals surface area contributed by atoms with Crippen molar-refractivity contribution in [1.82, 2.24) is 4.90 Å². The second kappa shape index (κ2) is 8.21. The molecule has 6 nitrogen and oxygen atoms in total. The van der Waals surface area contributed by atoms with Gasteiger partial charge < -0.3 is 10.0 Å². The zero-order valence-corrected chi connectivity index (χ0v) is 18.8. The van der Waals surface area contributed by atoms with Crippen LogP contribution in [0.1, 0.15) is 29.7 Å². The molecule has 1 saturated heterocycles. The number of anilines is 2. The summed E-state index contributed by atoms with van der Waals surface area (Å²) in [5.41, 5.74) is 5.13. The number of sulfonamides is 1. The third kappa shape index (κ3) is 4.33. The minimum atomic E-state index is -3.29. The predicted molar refractivity (Wildman–Crippen MR) is 122 cm³/mol. The molecule has 1 fully saturated rings. The van der Waals surface area contributed by atoms with Crippen LogP contribution >= 0.6 is 0 Å². The molecule has 2 aromatic carbocycles. The summed E-state index contributed by atoms with van der Waals surface area (Å²) in [4.78, 5) is 4.70. The number of aryl methyl sites for hydroxylation is 1. The van der Waals surface area contributed by atoms with Crippen molar-refractivity contribution in [3.63, 3.8) is 0 Å². The van der Waals surface area contributed by atoms with E-state index in [1.165, 1.54) is 21.8 Å². The fourth-order valence-corrected chi connectivity index (χ4v) is 5.96. The van der Waals surface area contributed by atoms with Crippen LogP contribution in [-0.4, -0.2) is 63.4 Å². The quantitative estimate of drug-likeness (QED) is 0.792. The lowest BCUT2D eigenvalue weighted by molar-refractivity contribution is 0.109. The predicted octanol–water partition coefficient (Wildman–Crippen LogP) is 2.56. The Balaban J connectivity index is 1.39. The van der Waals surface area contributed by atoms with Crippen LogP contribution < -0.4 is 9.21 Å². The van der Waals surface area contributed by atoms with Gasteiger partial charge in [-0.15, -0.1) is 0 Å². The first-order valence-corrected chi connectivity index (χ1v) is 12.4. The van der Waals surface area contributed by atoms with Crippen LogP contribution in [0.3, 0.4) is 0 Å². The van der Waals surface area contributed by atoms with Crippen molar-refractivity contribution in [2.24, 2.45) is 0 Å². The summed E-state index contributed by atoms with van der Waals surface area (Å²) < 4.78 is 25.7. The molecule has 2 aliphatic rings. The van der Waals surface area contributed by atoms with Crippen molar-refractivity contribution in [3.05, 3.63) is 59.2 Å². The minimum Gasteiger partial charge on any atom is -0.387 e. The van der Waals surface area contributed by atoms with Gasteiger partial charge in [0, 0.05) is 44.5 Å². The fraction of sp³-hybridized carbons (Fsp3) is 0.478. The van der Waals surface area contributed by atoms with Crippen molar-refractivity contribution in [2.75, 3.05) is 48.2 Å². The maximum absolute atomic E-state index is 12.1. The highest BCUT2D eigenvalue weighted by atomic mass is 32.2. The average Bonchev–Trinajstić information content (AvgIpc) is 3.03. The summed E-state index contributed by atoms with van der Waals surface area (Å²) in [6.45, 7) is 8.34. The maximum Gasteiger partial charge on any atom is 0.232 e. The van der Waals surface area contributed by atoms with Crippen LogP contribution in [-0.2, 0) is 16.4 Å². The highest BCUT2D eigenvalue weighted by Gasteiger charge is 2.33. The summed E-state index contributed by atoms with van der Waals surface area (Å²) in [6, 6.07) is 14.2. The van der Waals surface area contributed by atoms with Gasteiger partial charge in [-0.25, -0.2) is 8.42 Å². The smallest absolute Gasteiger partial charge is 0.232 e. The van der Waals surface area contributed by atoms with E-state index in [1.807, 2.05) is 25.1 Å². The van der Waals surface area contributed by atoms with Gasteiger partial charge in [-0.2, -0.15) is 0 Å². The van der Waals surface area contributed by atoms with Crippen molar-refractivity contribution in [2.45, 2.75) is 32.4 Å². The zero-order valence-electron chi connectivity index (χ0n) is 18.0. The Kier molecular flexibility index (Phi) is 5.79. The first kappa shape index (κ1) is 21.2. The zero-order chi connectivity index (χ0) is 21.5. The van der Waals surface area contributed by atoms with E-state index in [-0.39, 0.29) is 6.04 Å². The Morgan fingerprint density at radius 2 is 1.83 bits per heavy atom. The molecule has 162 valence electrons. The number of hydrogen-bond acceptors (Lipinski definition) is 5. The number of fused-ring (bicyclic) bond motifs is 1. The number of aliphatic hydroxyl groups excluding tert-OH is 1. The first-order chi connectivity index (χ1) is 14.2. The summed E-state index contributed by atoms with van der Waals surface area (Å²) in [7, 11) is -3.29. The normalized spacial score (nSPS) is 21.0. The number of hydrogen-bond donors (Lipinski definition) is 1. The molecule has 2 aliphatic heterocycles. The molecule has 2 heterocycles. The third-order valence-electron chi connectivity index (χ3n) is 6.17. The van der Waals surface area contributed by atoms with E-state index in [9.17, 15) is 13.5 Å². The van der Waals surface area contributed by atoms with E-state index in [0.29, 0.717) is 13.0 Å². The van der Waals surface area contributed by atoms with E-state index in [1.54, 1.807) is 0 Å². The molecule has 0 unspecified atom stereocenters. The van der Waals surface area contributed by atoms with E-state index in [4.69, 9.17) is 0 Å². The number of β-amino-alcohol motifs (C(OH)–C–C–N with tert-alkyl or cyclic N) is 1. The number of rotatable bonds is 5. The average molecular weight is 430 g/mol. The van der Waals surface area contributed by atoms with Gasteiger partial charge in [0.2, 0.25) is 10.0 Å². The summed E-state index contributed by atoms with van der Waals surface area (Å²) >= 11 is 0. The van der Waals surface area contributed by atoms with E-state index in [2.05, 4.69) is 41.0 Å². The molecular weight excluding hydrogens is 398 g/mol. The standard InChI is InChI=1S/C23H31N3O3S/c1-17-5-4-6-21(13-17)25-11-9-24(10-12-25)16-23(27)19-7-8-22-20(15-19)14-18(2)26(22)30(3,28)29/h4-8,13,15,18,23,27H,9-12,14,16H2,1-3H3/t18-,23-/m0/s1. The Bertz CT molecular complexity index is 1020. The van der Waals surface area contributed by atoms with E-state index < -0.39 is 16.1 Å². The van der Waals surface area contributed by atoms with Gasteiger partial charge >= 0.3 is 0 Å². The second-order valence-electron chi connectivity index (χ2n) is 8.64. The highest BCUT2D eigenvalue weighted by Crippen LogP contribution is 2.36. The van der Waals surface area contributed by atoms with Crippen LogP contribution in [0.15, 0.2) is 42.5 Å². The van der Waals surface area contributed by atoms with Gasteiger partial charge in [-0.3, -0.25) is 9.21 Å². The van der Waals surface area contributed by atoms with Crippen molar-refractivity contribution in [1.29, 1.82) is 0 Å². The lowest BCUT2D eigenvalue weighted by Gasteiger charge is -2.37. The lowest BCUT2D eigenvalue weighted by Crippen LogP contribution is -2.47. The topological polar surface area (TPSA) is 64.1 Å². The van der Waals surface area contributed by atoms with Gasteiger partial charge in [0.15, 0.2) is 0 Å². The van der Waals surface area contributed by atoms with E-state index in [0.717, 1.165) is 43.0 Å². The van der Waals surface area contributed by atoms with Gasteiger partial charge in [-0.1, -0.05) is 24.3 Å². The summed E-state index contributed by atoms with van der Waals surface area (Å²) in [6.07, 6.45) is 1.35. The van der Waals surface area contributed by atoms with Crippen molar-refractivity contribution >= 4 is 21.4 Å². The molecule has 0 saturated carbocycles. The van der Waals surface area contributed by atoms with Gasteiger partial charge in [0.25, 0.3) is 0 Å². The molecule has 0 amide bonds. The number of piperazine rings is 1. The van der Waals surface area contributed by atoms with Crippen LogP contribution in [0.2, 0.25) is 0 Å². The molecule has 2 aromatic rings. The molecule has 0 spiro atoms. The molecule has 2 atom stereocenters. The van der Waals surface area contributed by atoms with Gasteiger partial charge in [-0.05, 0) is 55.2 Å². The van der Waals surface area contributed by atoms with Gasteiger partial charge in [0.1, 0.15) is 0 Å². The van der Waals surface area contributed by atoms with Crippen LogP contribution in [0.4, 0.5) is 11.4 Å². The molecule has 0 aliphatic carbocycles. The maximum atomic E-state index is 12.1. The minimum absolute atomic E-state index is 0.0860. The Morgan fingerprint density at radius 1 is 1.10 bits per heavy atom. The highest BCUT2D eigenvalue weighted by molar-refractivity contribution is 7.92. The molecule has 0 radical (unpaired) electrons. The first-order valence-electron chi connectivity index (χ1n) is 10.6. The Hall–Kier alpha value is -2.09. The van der Waals surface area contributed by atoms with Crippen molar-refractivity contribution < 1.29 is 13.5 Å². The monoisotopic (exact) mass is 429 g/mol. The molecule has 4 rings (SSSR count). The fourth-order valence-electron chi connectivity index (χ4n) is 4.70. The summed E-state index contributed by atoms with van der Waals surface area (Å²) in [5, 5.41) is 10.8. The number of aliphatic hydroxyl groups is 1. The summed E-state index contributed by atoms with van der Waals surface area (Å²) in [5.74, 6) is 0. The van der Waals surface area contributed by atoms with Gasteiger partial charge in [0.05, 0.1) is 18.0 Å². The third-order valence-corrected chi connectivity index (χ3v) is 7.44.